The van der Waals surface area contributed by atoms with Crippen molar-refractivity contribution >= 4 is 86.4 Å². The number of para-hydroxylation sites is 5. The molecule has 0 aromatic heterocycles. The van der Waals surface area contributed by atoms with Gasteiger partial charge in [0.2, 0.25) is 0 Å². The Hall–Kier alpha value is -4.83. The molecule has 10 rings (SSSR count). The van der Waals surface area contributed by atoms with Gasteiger partial charge in [-0.05, 0) is 76.0 Å². The lowest BCUT2D eigenvalue weighted by Crippen LogP contribution is -2.62. The van der Waals surface area contributed by atoms with Crippen LogP contribution in [0.4, 0.5) is 39.8 Å². The summed E-state index contributed by atoms with van der Waals surface area (Å²) in [6.45, 7) is 8.08. The van der Waals surface area contributed by atoms with E-state index in [9.17, 15) is 0 Å². The predicted molar refractivity (Wildman–Crippen MR) is 180 cm³/mol. The maximum atomic E-state index is 7.98. The summed E-state index contributed by atoms with van der Waals surface area (Å²) in [6.07, 6.45) is 0. The van der Waals surface area contributed by atoms with Crippen molar-refractivity contribution in [3.05, 3.63) is 133 Å². The van der Waals surface area contributed by atoms with Gasteiger partial charge in [0.25, 0.3) is 6.71 Å². The summed E-state index contributed by atoms with van der Waals surface area (Å²) in [7, 11) is 0. The van der Waals surface area contributed by atoms with Crippen LogP contribution in [-0.2, 0) is 0 Å². The van der Waals surface area contributed by atoms with Crippen LogP contribution < -0.4 is 26.2 Å². The molecule has 0 radical (unpaired) electrons. The summed E-state index contributed by atoms with van der Waals surface area (Å²) in [5, 5.41) is 0. The Bertz CT molecular complexity index is 2130. The average Bonchev–Trinajstić information content (AvgIpc) is 3.06. The molecule has 0 amide bonds. The number of fused-ring (bicyclic) bond motifs is 8. The van der Waals surface area contributed by atoms with Gasteiger partial charge in [0.15, 0.2) is 5.69 Å². The van der Waals surface area contributed by atoms with E-state index in [4.69, 9.17) is 6.57 Å². The summed E-state index contributed by atoms with van der Waals surface area (Å²) in [4.78, 5) is 14.0. The highest BCUT2D eigenvalue weighted by molar-refractivity contribution is 8.00. The quantitative estimate of drug-likeness (QED) is 0.142. The zero-order valence-electron chi connectivity index (χ0n) is 22.8. The normalized spacial score (nSPS) is 14.2. The van der Waals surface area contributed by atoms with Crippen molar-refractivity contribution in [2.24, 2.45) is 0 Å². The van der Waals surface area contributed by atoms with E-state index in [1.165, 1.54) is 70.1 Å². The molecule has 0 unspecified atom stereocenters. The molecule has 6 heteroatoms. The molecule has 4 heterocycles. The zero-order valence-corrected chi connectivity index (χ0v) is 24.4. The third-order valence-corrected chi connectivity index (χ3v) is 11.3. The van der Waals surface area contributed by atoms with E-state index in [2.05, 4.69) is 118 Å². The highest BCUT2D eigenvalue weighted by atomic mass is 32.2. The molecule has 0 aliphatic carbocycles. The van der Waals surface area contributed by atoms with Crippen LogP contribution >= 0.6 is 23.5 Å². The van der Waals surface area contributed by atoms with Crippen molar-refractivity contribution in [3.8, 4) is 11.1 Å². The Morgan fingerprint density at radius 2 is 1.05 bits per heavy atom. The second-order valence-corrected chi connectivity index (χ2v) is 13.4. The second-order valence-electron chi connectivity index (χ2n) is 11.2. The molecule has 0 atom stereocenters. The highest BCUT2D eigenvalue weighted by Crippen LogP contribution is 2.57. The fourth-order valence-electron chi connectivity index (χ4n) is 7.36. The first kappa shape index (κ1) is 23.7. The maximum Gasteiger partial charge on any atom is 0.252 e. The minimum absolute atomic E-state index is 0.101. The van der Waals surface area contributed by atoms with Gasteiger partial charge >= 0.3 is 0 Å². The Morgan fingerprint density at radius 3 is 1.63 bits per heavy atom. The Balaban J connectivity index is 1.38. The van der Waals surface area contributed by atoms with E-state index in [0.717, 1.165) is 11.1 Å². The lowest BCUT2D eigenvalue weighted by molar-refractivity contribution is 1.15. The molecule has 0 saturated carbocycles. The van der Waals surface area contributed by atoms with Gasteiger partial charge in [-0.3, -0.25) is 0 Å². The van der Waals surface area contributed by atoms with Crippen molar-refractivity contribution in [1.82, 2.24) is 0 Å². The van der Waals surface area contributed by atoms with Crippen LogP contribution in [0.25, 0.3) is 16.0 Å². The van der Waals surface area contributed by atoms with Gasteiger partial charge in [-0.25, -0.2) is 4.85 Å². The minimum Gasteiger partial charge on any atom is -0.309 e. The van der Waals surface area contributed by atoms with Crippen LogP contribution in [0.3, 0.4) is 0 Å². The molecule has 43 heavy (non-hydrogen) atoms. The summed E-state index contributed by atoms with van der Waals surface area (Å²) in [6, 6.07) is 43.8. The Morgan fingerprint density at radius 1 is 0.535 bits per heavy atom. The van der Waals surface area contributed by atoms with Gasteiger partial charge in [0.1, 0.15) is 0 Å². The smallest absolute Gasteiger partial charge is 0.252 e. The molecule has 0 spiro atoms. The average molecular weight is 582 g/mol. The first-order valence-electron chi connectivity index (χ1n) is 14.3. The monoisotopic (exact) mass is 581 g/mol. The van der Waals surface area contributed by atoms with Crippen molar-refractivity contribution in [3.63, 3.8) is 0 Å². The summed E-state index contributed by atoms with van der Waals surface area (Å²) in [5.41, 5.74) is 14.1. The first-order chi connectivity index (χ1) is 21.3. The number of hydrogen-bond donors (Lipinski definition) is 0. The zero-order chi connectivity index (χ0) is 28.2. The van der Waals surface area contributed by atoms with Gasteiger partial charge in [0, 0.05) is 31.0 Å². The van der Waals surface area contributed by atoms with Crippen molar-refractivity contribution in [2.75, 3.05) is 9.80 Å². The summed E-state index contributed by atoms with van der Waals surface area (Å²) >= 11 is 3.72. The topological polar surface area (TPSA) is 10.8 Å². The first-order valence-corrected chi connectivity index (χ1v) is 16.0. The third-order valence-electron chi connectivity index (χ3n) is 9.02. The molecule has 0 saturated heterocycles. The van der Waals surface area contributed by atoms with Crippen LogP contribution in [0.5, 0.6) is 0 Å². The fraction of sp³-hybridized carbons (Fsp3) is 0. The van der Waals surface area contributed by atoms with Gasteiger partial charge in [0.05, 0.1) is 29.3 Å². The lowest BCUT2D eigenvalue weighted by Gasteiger charge is -2.47. The molecule has 3 nitrogen and oxygen atoms in total. The minimum atomic E-state index is 0.101. The van der Waals surface area contributed by atoms with Crippen LogP contribution in [0, 0.1) is 6.57 Å². The van der Waals surface area contributed by atoms with E-state index in [1.54, 1.807) is 0 Å². The molecule has 4 aliphatic heterocycles. The number of rotatable bonds is 1. The van der Waals surface area contributed by atoms with Crippen LogP contribution in [0.1, 0.15) is 0 Å². The van der Waals surface area contributed by atoms with Crippen LogP contribution in [0.2, 0.25) is 0 Å². The molecular formula is C37H20BN3S2. The van der Waals surface area contributed by atoms with E-state index < -0.39 is 0 Å². The highest BCUT2D eigenvalue weighted by Gasteiger charge is 2.47. The maximum absolute atomic E-state index is 7.98. The molecule has 0 fully saturated rings. The molecule has 6 aromatic rings. The molecule has 198 valence electrons. The van der Waals surface area contributed by atoms with Gasteiger partial charge in [-0.15, -0.1) is 0 Å². The third kappa shape index (κ3) is 3.08. The van der Waals surface area contributed by atoms with Gasteiger partial charge < -0.3 is 9.80 Å². The molecular weight excluding hydrogens is 561 g/mol. The number of nitrogens with zero attached hydrogens (tertiary/aromatic N) is 3. The van der Waals surface area contributed by atoms with Crippen molar-refractivity contribution in [2.45, 2.75) is 19.6 Å². The number of benzene rings is 6. The van der Waals surface area contributed by atoms with E-state index >= 15 is 0 Å². The lowest BCUT2D eigenvalue weighted by atomic mass is 9.33. The van der Waals surface area contributed by atoms with Gasteiger partial charge in [-0.2, -0.15) is 0 Å². The van der Waals surface area contributed by atoms with Gasteiger partial charge in [-0.1, -0.05) is 96.3 Å². The standard InChI is InChI=1S/C37H20BN3S2/c1-39-26-13-3-2-10-23(26)22-20-29-35-30(21-22)41-28-15-5-7-17-32(28)43-34-19-9-12-25(37(34)41)38(35)24-11-8-18-33-36(24)40(29)27-14-4-6-16-31(27)42-33/h2-21H. The second kappa shape index (κ2) is 8.61. The summed E-state index contributed by atoms with van der Waals surface area (Å²) in [5.74, 6) is 0. The van der Waals surface area contributed by atoms with Crippen molar-refractivity contribution in [1.29, 1.82) is 0 Å². The number of anilines is 6. The predicted octanol–water partition coefficient (Wildman–Crippen LogP) is 8.92. The van der Waals surface area contributed by atoms with Crippen molar-refractivity contribution < 1.29 is 0 Å². The Kier molecular flexibility index (Phi) is 4.75. The molecule has 6 aromatic carbocycles. The summed E-state index contributed by atoms with van der Waals surface area (Å²) < 4.78 is 0. The van der Waals surface area contributed by atoms with E-state index in [1.807, 2.05) is 41.7 Å². The Labute approximate surface area is 258 Å². The van der Waals surface area contributed by atoms with Crippen LogP contribution in [-0.4, -0.2) is 6.71 Å². The number of hydrogen-bond acceptors (Lipinski definition) is 4. The fourth-order valence-corrected chi connectivity index (χ4v) is 9.56. The molecule has 4 aliphatic rings. The largest absolute Gasteiger partial charge is 0.309 e. The molecule has 0 N–H and O–H groups in total. The van der Waals surface area contributed by atoms with Crippen LogP contribution in [0.15, 0.2) is 141 Å². The SMILES string of the molecule is [C-]#[N+]c1ccccc1-c1cc2c3c(c1)N1c4ccccc4Sc4cccc(c41)B3c1cccc3c1N2c1ccccc1S3. The molecule has 0 bridgehead atoms. The van der Waals surface area contributed by atoms with E-state index in [0.29, 0.717) is 5.69 Å². The van der Waals surface area contributed by atoms with E-state index in [-0.39, 0.29) is 6.71 Å².